The van der Waals surface area contributed by atoms with Gasteiger partial charge in [-0.05, 0) is 47.5 Å². The Bertz CT molecular complexity index is 916. The van der Waals surface area contributed by atoms with Crippen LogP contribution in [0.25, 0.3) is 0 Å². The fourth-order valence-corrected chi connectivity index (χ4v) is 3.23. The maximum atomic E-state index is 13.1. The Kier molecular flexibility index (Phi) is 6.15. The molecule has 1 heterocycles. The van der Waals surface area contributed by atoms with Gasteiger partial charge in [-0.1, -0.05) is 53.0 Å². The van der Waals surface area contributed by atoms with Crippen LogP contribution in [0.2, 0.25) is 15.1 Å². The number of benzene rings is 2. The van der Waals surface area contributed by atoms with Gasteiger partial charge in [0.15, 0.2) is 0 Å². The van der Waals surface area contributed by atoms with Crippen molar-refractivity contribution in [3.8, 4) is 0 Å². The van der Waals surface area contributed by atoms with E-state index < -0.39 is 0 Å². The zero-order chi connectivity index (χ0) is 18.5. The third-order valence-corrected chi connectivity index (χ3v) is 4.65. The Hall–Kier alpha value is -2.07. The SMILES string of the molecule is O=C(c1cccc(Cl)c1)N(Cc1cccnc1)Cc1ccc(Cl)cc1Cl. The molecule has 3 nitrogen and oxygen atoms in total. The normalized spacial score (nSPS) is 10.6. The molecule has 0 radical (unpaired) electrons. The topological polar surface area (TPSA) is 33.2 Å². The first-order valence-corrected chi connectivity index (χ1v) is 9.04. The Balaban J connectivity index is 1.91. The second kappa shape index (κ2) is 8.54. The summed E-state index contributed by atoms with van der Waals surface area (Å²) in [4.78, 5) is 18.9. The Morgan fingerprint density at radius 3 is 2.42 bits per heavy atom. The molecule has 0 aliphatic rings. The molecule has 3 aromatic rings. The van der Waals surface area contributed by atoms with E-state index in [1.165, 1.54) is 0 Å². The van der Waals surface area contributed by atoms with Crippen molar-refractivity contribution >= 4 is 40.7 Å². The number of carbonyl (C=O) groups excluding carboxylic acids is 1. The van der Waals surface area contributed by atoms with Crippen molar-refractivity contribution in [3.63, 3.8) is 0 Å². The standard InChI is InChI=1S/C20H15Cl3N2O/c21-17-5-1-4-15(9-17)20(26)25(12-14-3-2-8-24-11-14)13-16-6-7-18(22)10-19(16)23/h1-11H,12-13H2. The number of aromatic nitrogens is 1. The van der Waals surface area contributed by atoms with E-state index in [9.17, 15) is 4.79 Å². The third-order valence-electron chi connectivity index (χ3n) is 3.83. The van der Waals surface area contributed by atoms with Crippen LogP contribution in [0.15, 0.2) is 67.0 Å². The minimum absolute atomic E-state index is 0.137. The van der Waals surface area contributed by atoms with Gasteiger partial charge in [-0.2, -0.15) is 0 Å². The van der Waals surface area contributed by atoms with E-state index in [1.807, 2.05) is 18.2 Å². The molecule has 1 aromatic heterocycles. The van der Waals surface area contributed by atoms with Crippen molar-refractivity contribution in [2.45, 2.75) is 13.1 Å². The van der Waals surface area contributed by atoms with Gasteiger partial charge in [-0.3, -0.25) is 9.78 Å². The fourth-order valence-electron chi connectivity index (χ4n) is 2.57. The van der Waals surface area contributed by atoms with E-state index in [0.29, 0.717) is 33.7 Å². The van der Waals surface area contributed by atoms with Gasteiger partial charge < -0.3 is 4.90 Å². The molecular formula is C20H15Cl3N2O. The van der Waals surface area contributed by atoms with Crippen LogP contribution in [-0.2, 0) is 13.1 Å². The largest absolute Gasteiger partial charge is 0.330 e. The molecule has 132 valence electrons. The van der Waals surface area contributed by atoms with E-state index in [1.54, 1.807) is 53.7 Å². The molecule has 0 aliphatic carbocycles. The average molecular weight is 406 g/mol. The summed E-state index contributed by atoms with van der Waals surface area (Å²) in [6.07, 6.45) is 3.43. The predicted molar refractivity (Wildman–Crippen MR) is 106 cm³/mol. The lowest BCUT2D eigenvalue weighted by Gasteiger charge is -2.24. The summed E-state index contributed by atoms with van der Waals surface area (Å²) in [5.74, 6) is -0.137. The molecule has 26 heavy (non-hydrogen) atoms. The van der Waals surface area contributed by atoms with E-state index in [0.717, 1.165) is 11.1 Å². The first-order valence-electron chi connectivity index (χ1n) is 7.90. The van der Waals surface area contributed by atoms with Gasteiger partial charge in [0.05, 0.1) is 0 Å². The fraction of sp³-hybridized carbons (Fsp3) is 0.100. The van der Waals surface area contributed by atoms with Gasteiger partial charge in [0, 0.05) is 46.1 Å². The number of amides is 1. The van der Waals surface area contributed by atoms with Crippen molar-refractivity contribution in [2.75, 3.05) is 0 Å². The summed E-state index contributed by atoms with van der Waals surface area (Å²) in [6.45, 7) is 0.744. The molecule has 0 N–H and O–H groups in total. The van der Waals surface area contributed by atoms with Gasteiger partial charge in [0.1, 0.15) is 0 Å². The van der Waals surface area contributed by atoms with E-state index in [-0.39, 0.29) is 5.91 Å². The zero-order valence-corrected chi connectivity index (χ0v) is 16.0. The van der Waals surface area contributed by atoms with E-state index >= 15 is 0 Å². The third kappa shape index (κ3) is 4.76. The number of rotatable bonds is 5. The molecule has 0 aliphatic heterocycles. The Morgan fingerprint density at radius 2 is 1.73 bits per heavy atom. The highest BCUT2D eigenvalue weighted by molar-refractivity contribution is 6.35. The number of carbonyl (C=O) groups is 1. The highest BCUT2D eigenvalue weighted by atomic mass is 35.5. The summed E-state index contributed by atoms with van der Waals surface area (Å²) in [5.41, 5.74) is 2.26. The number of nitrogens with zero attached hydrogens (tertiary/aromatic N) is 2. The van der Waals surface area contributed by atoms with Crippen LogP contribution in [0.3, 0.4) is 0 Å². The smallest absolute Gasteiger partial charge is 0.254 e. The van der Waals surface area contributed by atoms with E-state index in [2.05, 4.69) is 4.98 Å². The van der Waals surface area contributed by atoms with Crippen molar-refractivity contribution in [1.82, 2.24) is 9.88 Å². The van der Waals surface area contributed by atoms with Gasteiger partial charge >= 0.3 is 0 Å². The quantitative estimate of drug-likeness (QED) is 0.530. The van der Waals surface area contributed by atoms with Crippen molar-refractivity contribution in [3.05, 3.63) is 98.7 Å². The second-order valence-electron chi connectivity index (χ2n) is 5.77. The lowest BCUT2D eigenvalue weighted by atomic mass is 10.1. The molecule has 0 atom stereocenters. The maximum Gasteiger partial charge on any atom is 0.254 e. The lowest BCUT2D eigenvalue weighted by molar-refractivity contribution is 0.0730. The average Bonchev–Trinajstić information content (AvgIpc) is 2.63. The molecule has 0 unspecified atom stereocenters. The minimum atomic E-state index is -0.137. The molecule has 6 heteroatoms. The molecule has 0 spiro atoms. The number of hydrogen-bond donors (Lipinski definition) is 0. The Morgan fingerprint density at radius 1 is 0.923 bits per heavy atom. The molecule has 1 amide bonds. The van der Waals surface area contributed by atoms with Crippen LogP contribution < -0.4 is 0 Å². The van der Waals surface area contributed by atoms with Gasteiger partial charge in [0.2, 0.25) is 0 Å². The summed E-state index contributed by atoms with van der Waals surface area (Å²) in [7, 11) is 0. The van der Waals surface area contributed by atoms with Crippen molar-refractivity contribution < 1.29 is 4.79 Å². The number of pyridine rings is 1. The molecule has 0 fully saturated rings. The first-order chi connectivity index (χ1) is 12.5. The van der Waals surface area contributed by atoms with Gasteiger partial charge in [-0.25, -0.2) is 0 Å². The highest BCUT2D eigenvalue weighted by Gasteiger charge is 2.18. The predicted octanol–water partition coefficient (Wildman–Crippen LogP) is 5.88. The molecule has 3 rings (SSSR count). The summed E-state index contributed by atoms with van der Waals surface area (Å²) in [6, 6.07) is 15.9. The molecule has 0 saturated heterocycles. The van der Waals surface area contributed by atoms with Gasteiger partial charge in [0.25, 0.3) is 5.91 Å². The van der Waals surface area contributed by atoms with E-state index in [4.69, 9.17) is 34.8 Å². The van der Waals surface area contributed by atoms with Crippen LogP contribution in [0, 0.1) is 0 Å². The molecule has 0 saturated carbocycles. The second-order valence-corrected chi connectivity index (χ2v) is 7.05. The van der Waals surface area contributed by atoms with Crippen LogP contribution in [-0.4, -0.2) is 15.8 Å². The van der Waals surface area contributed by atoms with Crippen LogP contribution >= 0.6 is 34.8 Å². The van der Waals surface area contributed by atoms with Crippen LogP contribution in [0.1, 0.15) is 21.5 Å². The van der Waals surface area contributed by atoms with Gasteiger partial charge in [-0.15, -0.1) is 0 Å². The molecule has 0 bridgehead atoms. The molecule has 2 aromatic carbocycles. The van der Waals surface area contributed by atoms with Crippen LogP contribution in [0.5, 0.6) is 0 Å². The molecular weight excluding hydrogens is 391 g/mol. The Labute approximate surface area is 167 Å². The van der Waals surface area contributed by atoms with Crippen molar-refractivity contribution in [1.29, 1.82) is 0 Å². The zero-order valence-electron chi connectivity index (χ0n) is 13.7. The summed E-state index contributed by atoms with van der Waals surface area (Å²) < 4.78 is 0. The lowest BCUT2D eigenvalue weighted by Crippen LogP contribution is -2.30. The van der Waals surface area contributed by atoms with Crippen LogP contribution in [0.4, 0.5) is 0 Å². The van der Waals surface area contributed by atoms with Crippen molar-refractivity contribution in [2.24, 2.45) is 0 Å². The minimum Gasteiger partial charge on any atom is -0.330 e. The monoisotopic (exact) mass is 404 g/mol. The summed E-state index contributed by atoms with van der Waals surface area (Å²) >= 11 is 18.3. The highest BCUT2D eigenvalue weighted by Crippen LogP contribution is 2.24. The number of halogens is 3. The number of hydrogen-bond acceptors (Lipinski definition) is 2. The first kappa shape index (κ1) is 18.7. The summed E-state index contributed by atoms with van der Waals surface area (Å²) in [5, 5.41) is 1.59. The maximum absolute atomic E-state index is 13.1.